The average Bonchev–Trinajstić information content (AvgIpc) is 2.40. The average molecular weight is 310 g/mol. The van der Waals surface area contributed by atoms with Gasteiger partial charge in [0.1, 0.15) is 15.4 Å². The summed E-state index contributed by atoms with van der Waals surface area (Å²) >= 11 is 0. The zero-order valence-corrected chi connectivity index (χ0v) is 15.1. The number of nitrogens with zero attached hydrogens (tertiary/aromatic N) is 1. The molecule has 2 atom stereocenters. The lowest BCUT2D eigenvalue weighted by Crippen LogP contribution is -2.61. The largest absolute Gasteiger partial charge is 0.397 e. The highest BCUT2D eigenvalue weighted by atomic mass is 28.4. The molecule has 0 aromatic carbocycles. The van der Waals surface area contributed by atoms with Crippen molar-refractivity contribution >= 4 is 18.1 Å². The summed E-state index contributed by atoms with van der Waals surface area (Å²) in [5.41, 5.74) is 0. The van der Waals surface area contributed by atoms with E-state index in [4.69, 9.17) is 23.1 Å². The van der Waals surface area contributed by atoms with Crippen molar-refractivity contribution in [1.29, 1.82) is 0 Å². The van der Waals surface area contributed by atoms with Crippen molar-refractivity contribution in [2.24, 2.45) is 0 Å². The van der Waals surface area contributed by atoms with Gasteiger partial charge in [-0.15, -0.1) is 0 Å². The summed E-state index contributed by atoms with van der Waals surface area (Å²) in [6, 6.07) is 0. The van der Waals surface area contributed by atoms with E-state index in [1.807, 2.05) is 0 Å². The van der Waals surface area contributed by atoms with Crippen LogP contribution >= 0.6 is 0 Å². The van der Waals surface area contributed by atoms with Crippen LogP contribution in [0.25, 0.3) is 0 Å². The van der Waals surface area contributed by atoms with Crippen molar-refractivity contribution in [2.75, 3.05) is 53.9 Å². The van der Waals surface area contributed by atoms with Crippen LogP contribution in [0.15, 0.2) is 0 Å². The van der Waals surface area contributed by atoms with Crippen LogP contribution in [0, 0.1) is 0 Å². The molecule has 6 nitrogen and oxygen atoms in total. The second kappa shape index (κ2) is 8.47. The highest BCUT2D eigenvalue weighted by Crippen LogP contribution is 2.18. The molecule has 0 radical (unpaired) electrons. The molecule has 1 rings (SSSR count). The van der Waals surface area contributed by atoms with Crippen LogP contribution in [-0.4, -0.2) is 88.9 Å². The van der Waals surface area contributed by atoms with Gasteiger partial charge in [0.25, 0.3) is 0 Å². The number of hydrogen-bond donors (Lipinski definition) is 0. The summed E-state index contributed by atoms with van der Waals surface area (Å²) in [7, 11) is 4.30. The molecule has 1 aliphatic rings. The highest BCUT2D eigenvalue weighted by Gasteiger charge is 2.40. The third kappa shape index (κ3) is 5.60. The summed E-state index contributed by atoms with van der Waals surface area (Å²) in [6.45, 7) is 3.61. The van der Waals surface area contributed by atoms with Crippen LogP contribution in [0.2, 0.25) is 6.55 Å². The van der Waals surface area contributed by atoms with E-state index in [-0.39, 0.29) is 12.0 Å². The van der Waals surface area contributed by atoms with Gasteiger partial charge in [-0.2, -0.15) is 0 Å². The van der Waals surface area contributed by atoms with Crippen LogP contribution in [0.4, 0.5) is 0 Å². The van der Waals surface area contributed by atoms with E-state index in [2.05, 4.69) is 11.4 Å². The van der Waals surface area contributed by atoms with Gasteiger partial charge in [-0.1, -0.05) is 0 Å². The highest BCUT2D eigenvalue weighted by molar-refractivity contribution is 6.66. The maximum atomic E-state index is 6.06. The molecule has 1 aliphatic heterocycles. The molecule has 0 N–H and O–H groups in total. The fourth-order valence-electron chi connectivity index (χ4n) is 2.36. The lowest BCUT2D eigenvalue weighted by atomic mass is 10.3. The number of methoxy groups -OCH3 is 3. The van der Waals surface area contributed by atoms with Crippen molar-refractivity contribution < 1.29 is 23.1 Å². The van der Waals surface area contributed by atoms with E-state index in [1.165, 1.54) is 0 Å². The molecule has 1 fully saturated rings. The van der Waals surface area contributed by atoms with E-state index in [9.17, 15) is 0 Å². The van der Waals surface area contributed by atoms with Gasteiger partial charge < -0.3 is 28.0 Å². The molecular formula is C11H27NO5Si2. The molecule has 0 amide bonds. The predicted molar refractivity (Wildman–Crippen MR) is 78.2 cm³/mol. The molecule has 0 bridgehead atoms. The van der Waals surface area contributed by atoms with E-state index in [0.29, 0.717) is 6.61 Å². The van der Waals surface area contributed by atoms with Crippen LogP contribution in [0.5, 0.6) is 0 Å². The maximum absolute atomic E-state index is 6.06. The summed E-state index contributed by atoms with van der Waals surface area (Å²) in [5.74, 6) is -0.0146. The Hall–Kier alpha value is 0.194. The first-order valence-electron chi connectivity index (χ1n) is 6.56. The lowest BCUT2D eigenvalue weighted by Gasteiger charge is -2.41. The Morgan fingerprint density at radius 1 is 1.32 bits per heavy atom. The summed E-state index contributed by atoms with van der Waals surface area (Å²) in [4.78, 5) is 2.42. The van der Waals surface area contributed by atoms with Gasteiger partial charge in [0.15, 0.2) is 0 Å². The smallest absolute Gasteiger partial charge is 0.349 e. The Morgan fingerprint density at radius 3 is 2.53 bits per heavy atom. The van der Waals surface area contributed by atoms with Crippen LogP contribution < -0.4 is 0 Å². The van der Waals surface area contributed by atoms with E-state index in [0.717, 1.165) is 18.9 Å². The molecule has 2 unspecified atom stereocenters. The second-order valence-electron chi connectivity index (χ2n) is 4.96. The minimum absolute atomic E-state index is 0.0146. The molecule has 0 aromatic heterocycles. The topological polar surface area (TPSA) is 49.4 Å². The number of rotatable bonds is 8. The van der Waals surface area contributed by atoms with Gasteiger partial charge in [-0.05, 0) is 12.7 Å². The first kappa shape index (κ1) is 17.2. The molecule has 1 saturated heterocycles. The Kier molecular flexibility index (Phi) is 7.69. The number of hydrogen-bond acceptors (Lipinski definition) is 6. The van der Waals surface area contributed by atoms with Crippen molar-refractivity contribution in [2.45, 2.75) is 18.6 Å². The quantitative estimate of drug-likeness (QED) is 0.436. The normalized spacial score (nSPS) is 29.7. The fourth-order valence-corrected chi connectivity index (χ4v) is 6.31. The maximum Gasteiger partial charge on any atom is 0.349 e. The Labute approximate surface area is 119 Å². The predicted octanol–water partition coefficient (Wildman–Crippen LogP) is -0.706. The first-order valence-corrected chi connectivity index (χ1v) is 10.9. The fraction of sp³-hybridized carbons (Fsp3) is 1.00. The third-order valence-electron chi connectivity index (χ3n) is 3.38. The van der Waals surface area contributed by atoms with Crippen molar-refractivity contribution in [3.63, 3.8) is 0 Å². The van der Waals surface area contributed by atoms with Crippen LogP contribution in [-0.2, 0) is 23.1 Å². The van der Waals surface area contributed by atoms with Gasteiger partial charge in [-0.25, -0.2) is 0 Å². The van der Waals surface area contributed by atoms with Gasteiger partial charge in [0.05, 0.1) is 12.7 Å². The molecule has 1 heterocycles. The minimum Gasteiger partial charge on any atom is -0.397 e. The van der Waals surface area contributed by atoms with Gasteiger partial charge in [0, 0.05) is 41.2 Å². The number of ether oxygens (including phenoxy) is 3. The molecule has 0 aromatic rings. The summed E-state index contributed by atoms with van der Waals surface area (Å²) in [6.07, 6.45) is 2.05. The Morgan fingerprint density at radius 2 is 2.00 bits per heavy atom. The summed E-state index contributed by atoms with van der Waals surface area (Å²) < 4.78 is 27.4. The molecule has 19 heavy (non-hydrogen) atoms. The van der Waals surface area contributed by atoms with Gasteiger partial charge in [0.2, 0.25) is 0 Å². The van der Waals surface area contributed by atoms with E-state index < -0.39 is 18.1 Å². The van der Waals surface area contributed by atoms with Crippen molar-refractivity contribution in [1.82, 2.24) is 4.90 Å². The molecule has 8 heteroatoms. The van der Waals surface area contributed by atoms with E-state index >= 15 is 0 Å². The minimum atomic E-state index is -2.08. The van der Waals surface area contributed by atoms with E-state index in [1.54, 1.807) is 28.4 Å². The summed E-state index contributed by atoms with van der Waals surface area (Å²) in [5, 5.41) is 0. The zero-order valence-electron chi connectivity index (χ0n) is 12.7. The third-order valence-corrected chi connectivity index (χ3v) is 8.13. The molecule has 0 spiro atoms. The Bertz CT molecular complexity index is 257. The molecule has 0 saturated carbocycles. The molecule has 114 valence electrons. The first-order chi connectivity index (χ1) is 9.06. The van der Waals surface area contributed by atoms with Crippen molar-refractivity contribution in [3.8, 4) is 0 Å². The lowest BCUT2D eigenvalue weighted by molar-refractivity contribution is -0.0458. The zero-order chi connectivity index (χ0) is 14.3. The van der Waals surface area contributed by atoms with Crippen molar-refractivity contribution in [3.05, 3.63) is 0 Å². The van der Waals surface area contributed by atoms with Gasteiger partial charge >= 0.3 is 8.56 Å². The standard InChI is InChI=1S/C11H27NO5Si2/c1-13-7-10-6-12(8-18-11(14-2)15-3)9-19(5,16-4)17-10/h10-11H,6-9,18H2,1-5H3. The second-order valence-corrected chi connectivity index (χ2v) is 9.88. The van der Waals surface area contributed by atoms with Crippen LogP contribution in [0.3, 0.4) is 0 Å². The molecular weight excluding hydrogens is 282 g/mol. The van der Waals surface area contributed by atoms with Gasteiger partial charge in [-0.3, -0.25) is 0 Å². The van der Waals surface area contributed by atoms with Crippen LogP contribution in [0.1, 0.15) is 0 Å². The Balaban J connectivity index is 2.51. The molecule has 0 aliphatic carbocycles. The SMILES string of the molecule is COCC1CN(C[SiH2]C(OC)OC)C[Si](C)(OC)O1. The monoisotopic (exact) mass is 309 g/mol.